The lowest BCUT2D eigenvalue weighted by Gasteiger charge is -2.27. The zero-order valence-corrected chi connectivity index (χ0v) is 14.6. The molecule has 2 amide bonds. The molecule has 0 heterocycles. The Labute approximate surface area is 140 Å². The molecule has 1 aliphatic rings. The van der Waals surface area contributed by atoms with Crippen LogP contribution in [-0.2, 0) is 4.79 Å². The minimum Gasteiger partial charge on any atom is -0.343 e. The number of nitrogens with zero attached hydrogens (tertiary/aromatic N) is 1. The first-order valence-corrected chi connectivity index (χ1v) is 8.66. The van der Waals surface area contributed by atoms with Crippen molar-refractivity contribution < 1.29 is 9.59 Å². The minimum absolute atomic E-state index is 0.0183. The molecule has 0 spiro atoms. The summed E-state index contributed by atoms with van der Waals surface area (Å²) in [5, 5.41) is 2.71. The van der Waals surface area contributed by atoms with Crippen molar-refractivity contribution in [3.8, 4) is 0 Å². The van der Waals surface area contributed by atoms with E-state index in [4.69, 9.17) is 0 Å². The third-order valence-electron chi connectivity index (χ3n) is 4.25. The number of likely N-dealkylation sites (N-methyl/N-ethyl adjacent to an activating group) is 1. The van der Waals surface area contributed by atoms with E-state index in [0.717, 1.165) is 17.3 Å². The average Bonchev–Trinajstić information content (AvgIpc) is 2.80. The van der Waals surface area contributed by atoms with Gasteiger partial charge in [0.2, 0.25) is 5.91 Å². The van der Waals surface area contributed by atoms with Gasteiger partial charge in [-0.05, 0) is 31.0 Å². The van der Waals surface area contributed by atoms with Crippen molar-refractivity contribution in [2.24, 2.45) is 0 Å². The molecular formula is C17H23BrN2O2. The molecule has 1 saturated carbocycles. The van der Waals surface area contributed by atoms with Gasteiger partial charge in [-0.15, -0.1) is 0 Å². The highest BCUT2D eigenvalue weighted by Crippen LogP contribution is 2.21. The van der Waals surface area contributed by atoms with Crippen LogP contribution in [0.5, 0.6) is 0 Å². The predicted molar refractivity (Wildman–Crippen MR) is 90.7 cm³/mol. The molecule has 1 aliphatic carbocycles. The van der Waals surface area contributed by atoms with Crippen LogP contribution in [0.25, 0.3) is 0 Å². The summed E-state index contributed by atoms with van der Waals surface area (Å²) in [5.41, 5.74) is 0.555. The molecule has 0 saturated heterocycles. The number of carbonyl (C=O) groups excluding carboxylic acids is 2. The zero-order valence-electron chi connectivity index (χ0n) is 13.0. The van der Waals surface area contributed by atoms with Gasteiger partial charge in [0.1, 0.15) is 0 Å². The van der Waals surface area contributed by atoms with Gasteiger partial charge in [0.25, 0.3) is 5.91 Å². The molecule has 0 radical (unpaired) electrons. The van der Waals surface area contributed by atoms with E-state index in [1.165, 1.54) is 25.7 Å². The predicted octanol–water partition coefficient (Wildman–Crippen LogP) is 3.36. The fourth-order valence-electron chi connectivity index (χ4n) is 2.86. The molecule has 2 rings (SSSR count). The van der Waals surface area contributed by atoms with Crippen molar-refractivity contribution in [3.63, 3.8) is 0 Å². The number of halogens is 1. The van der Waals surface area contributed by atoms with Gasteiger partial charge < -0.3 is 10.2 Å². The summed E-state index contributed by atoms with van der Waals surface area (Å²) >= 11 is 3.34. The van der Waals surface area contributed by atoms with E-state index >= 15 is 0 Å². The van der Waals surface area contributed by atoms with Crippen LogP contribution in [0.15, 0.2) is 28.7 Å². The molecule has 0 aromatic heterocycles. The molecule has 1 fully saturated rings. The second-order valence-electron chi connectivity index (χ2n) is 5.84. The number of hydrogen-bond acceptors (Lipinski definition) is 2. The zero-order chi connectivity index (χ0) is 15.9. The van der Waals surface area contributed by atoms with Gasteiger partial charge in [-0.1, -0.05) is 47.7 Å². The Kier molecular flexibility index (Phi) is 6.43. The number of amides is 2. The van der Waals surface area contributed by atoms with Crippen LogP contribution in [-0.4, -0.2) is 36.3 Å². The van der Waals surface area contributed by atoms with Crippen molar-refractivity contribution in [1.29, 1.82) is 0 Å². The van der Waals surface area contributed by atoms with Crippen LogP contribution >= 0.6 is 15.9 Å². The Morgan fingerprint density at radius 3 is 2.55 bits per heavy atom. The summed E-state index contributed by atoms with van der Waals surface area (Å²) < 4.78 is 0.849. The first-order valence-electron chi connectivity index (χ1n) is 7.87. The molecule has 22 heavy (non-hydrogen) atoms. The van der Waals surface area contributed by atoms with E-state index in [0.29, 0.717) is 11.6 Å². The lowest BCUT2D eigenvalue weighted by molar-refractivity contribution is -0.131. The van der Waals surface area contributed by atoms with Gasteiger partial charge >= 0.3 is 0 Å². The highest BCUT2D eigenvalue weighted by atomic mass is 79.9. The minimum atomic E-state index is -0.219. The van der Waals surface area contributed by atoms with Crippen LogP contribution in [0.2, 0.25) is 0 Å². The number of hydrogen-bond donors (Lipinski definition) is 1. The molecular weight excluding hydrogens is 344 g/mol. The van der Waals surface area contributed by atoms with Crippen LogP contribution in [0.4, 0.5) is 0 Å². The maximum atomic E-state index is 12.3. The first-order chi connectivity index (χ1) is 10.6. The fourth-order valence-corrected chi connectivity index (χ4v) is 3.26. The normalized spacial score (nSPS) is 15.9. The number of rotatable bonds is 4. The molecule has 1 aromatic carbocycles. The molecule has 0 bridgehead atoms. The Morgan fingerprint density at radius 2 is 1.91 bits per heavy atom. The Balaban J connectivity index is 1.84. The third kappa shape index (κ3) is 4.83. The number of carbonyl (C=O) groups is 2. The Hall–Kier alpha value is -1.36. The van der Waals surface area contributed by atoms with Gasteiger partial charge in [0.15, 0.2) is 0 Å². The molecule has 120 valence electrons. The van der Waals surface area contributed by atoms with E-state index in [1.807, 2.05) is 18.0 Å². The largest absolute Gasteiger partial charge is 0.343 e. The van der Waals surface area contributed by atoms with Crippen molar-refractivity contribution in [1.82, 2.24) is 10.2 Å². The highest BCUT2D eigenvalue weighted by molar-refractivity contribution is 9.10. The molecule has 4 nitrogen and oxygen atoms in total. The first kappa shape index (κ1) is 17.0. The smallest absolute Gasteiger partial charge is 0.251 e. The maximum absolute atomic E-state index is 12.3. The topological polar surface area (TPSA) is 49.4 Å². The van der Waals surface area contributed by atoms with Gasteiger partial charge in [0.05, 0.1) is 6.54 Å². The lowest BCUT2D eigenvalue weighted by Crippen LogP contribution is -2.43. The standard InChI is InChI=1S/C17H23BrN2O2/c1-20(15-9-4-2-3-5-10-15)16(21)12-19-17(22)13-7-6-8-14(18)11-13/h6-8,11,15H,2-5,9-10,12H2,1H3,(H,19,22). The summed E-state index contributed by atoms with van der Waals surface area (Å²) in [5.74, 6) is -0.237. The molecule has 5 heteroatoms. The number of benzene rings is 1. The SMILES string of the molecule is CN(C(=O)CNC(=O)c1cccc(Br)c1)C1CCCCCC1. The third-order valence-corrected chi connectivity index (χ3v) is 4.75. The summed E-state index contributed by atoms with van der Waals surface area (Å²) in [6.45, 7) is 0.0539. The second kappa shape index (κ2) is 8.32. The summed E-state index contributed by atoms with van der Waals surface area (Å²) in [7, 11) is 1.85. The average molecular weight is 367 g/mol. The van der Waals surface area contributed by atoms with Crippen LogP contribution in [0, 0.1) is 0 Å². The van der Waals surface area contributed by atoms with Crippen molar-refractivity contribution in [3.05, 3.63) is 34.3 Å². The molecule has 0 unspecified atom stereocenters. The van der Waals surface area contributed by atoms with E-state index in [1.54, 1.807) is 18.2 Å². The summed E-state index contributed by atoms with van der Waals surface area (Å²) in [6, 6.07) is 7.46. The molecule has 0 atom stereocenters. The van der Waals surface area contributed by atoms with Crippen LogP contribution in [0.3, 0.4) is 0 Å². The van der Waals surface area contributed by atoms with Crippen LogP contribution < -0.4 is 5.32 Å². The summed E-state index contributed by atoms with van der Waals surface area (Å²) in [6.07, 6.45) is 7.04. The quantitative estimate of drug-likeness (QED) is 0.830. The van der Waals surface area contributed by atoms with Gasteiger partial charge in [0, 0.05) is 23.1 Å². The molecule has 0 aliphatic heterocycles. The maximum Gasteiger partial charge on any atom is 0.251 e. The van der Waals surface area contributed by atoms with Gasteiger partial charge in [-0.3, -0.25) is 9.59 Å². The van der Waals surface area contributed by atoms with E-state index < -0.39 is 0 Å². The highest BCUT2D eigenvalue weighted by Gasteiger charge is 2.21. The monoisotopic (exact) mass is 366 g/mol. The van der Waals surface area contributed by atoms with Crippen molar-refractivity contribution >= 4 is 27.7 Å². The Bertz CT molecular complexity index is 525. The van der Waals surface area contributed by atoms with E-state index in [2.05, 4.69) is 21.2 Å². The molecule has 1 N–H and O–H groups in total. The van der Waals surface area contributed by atoms with Crippen molar-refractivity contribution in [2.75, 3.05) is 13.6 Å². The number of nitrogens with one attached hydrogen (secondary N) is 1. The summed E-state index contributed by atoms with van der Waals surface area (Å²) in [4.78, 5) is 26.1. The second-order valence-corrected chi connectivity index (χ2v) is 6.76. The van der Waals surface area contributed by atoms with Crippen LogP contribution in [0.1, 0.15) is 48.9 Å². The van der Waals surface area contributed by atoms with E-state index in [9.17, 15) is 9.59 Å². The molecule has 1 aromatic rings. The van der Waals surface area contributed by atoms with Gasteiger partial charge in [-0.25, -0.2) is 0 Å². The van der Waals surface area contributed by atoms with E-state index in [-0.39, 0.29) is 18.4 Å². The Morgan fingerprint density at radius 1 is 1.23 bits per heavy atom. The fraction of sp³-hybridized carbons (Fsp3) is 0.529. The van der Waals surface area contributed by atoms with Crippen molar-refractivity contribution in [2.45, 2.75) is 44.6 Å². The lowest BCUT2D eigenvalue weighted by atomic mass is 10.1. The van der Waals surface area contributed by atoms with Gasteiger partial charge in [-0.2, -0.15) is 0 Å².